The molecule has 1 aromatic carbocycles. The minimum absolute atomic E-state index is 0.0590. The first-order chi connectivity index (χ1) is 8.65. The Bertz CT molecular complexity index is 538. The number of carbonyl (C=O) groups is 1. The Kier molecular flexibility index (Phi) is 4.71. The Labute approximate surface area is 122 Å². The Hall–Kier alpha value is -0.950. The second-order valence-electron chi connectivity index (χ2n) is 3.77. The van der Waals surface area contributed by atoms with Crippen LogP contribution < -0.4 is 5.32 Å². The van der Waals surface area contributed by atoms with E-state index in [0.717, 1.165) is 8.45 Å². The first-order valence-corrected chi connectivity index (χ1v) is 7.37. The topological polar surface area (TPSA) is 29.1 Å². The van der Waals surface area contributed by atoms with E-state index in [1.165, 1.54) is 12.1 Å². The largest absolute Gasteiger partial charge is 0.352 e. The van der Waals surface area contributed by atoms with Gasteiger partial charge < -0.3 is 5.32 Å². The molecule has 0 saturated carbocycles. The van der Waals surface area contributed by atoms with Crippen molar-refractivity contribution in [2.24, 2.45) is 0 Å². The van der Waals surface area contributed by atoms with E-state index in [-0.39, 0.29) is 11.7 Å². The molecule has 2 aromatic rings. The fraction of sp³-hybridized carbons (Fsp3) is 0.154. The Morgan fingerprint density at radius 1 is 1.33 bits per heavy atom. The lowest BCUT2D eigenvalue weighted by molar-refractivity contribution is 0.0954. The molecule has 0 fully saturated rings. The van der Waals surface area contributed by atoms with Crippen LogP contribution in [-0.4, -0.2) is 12.5 Å². The van der Waals surface area contributed by atoms with Crippen LogP contribution in [0.1, 0.15) is 15.9 Å². The van der Waals surface area contributed by atoms with Gasteiger partial charge in [0.1, 0.15) is 5.82 Å². The number of halogens is 2. The molecule has 1 N–H and O–H groups in total. The molecule has 0 atom stereocenters. The zero-order chi connectivity index (χ0) is 13.0. The van der Waals surface area contributed by atoms with Crippen LogP contribution in [0.5, 0.6) is 0 Å². The Morgan fingerprint density at radius 2 is 2.06 bits per heavy atom. The number of hydrogen-bond donors (Lipinski definition) is 1. The fourth-order valence-electron chi connectivity index (χ4n) is 1.50. The van der Waals surface area contributed by atoms with E-state index in [0.29, 0.717) is 18.5 Å². The highest BCUT2D eigenvalue weighted by Crippen LogP contribution is 2.16. The van der Waals surface area contributed by atoms with Crippen molar-refractivity contribution in [3.05, 3.63) is 55.5 Å². The minimum Gasteiger partial charge on any atom is -0.352 e. The summed E-state index contributed by atoms with van der Waals surface area (Å²) in [4.78, 5) is 11.7. The van der Waals surface area contributed by atoms with Crippen LogP contribution in [0.25, 0.3) is 0 Å². The molecule has 1 amide bonds. The molecule has 1 heterocycles. The Morgan fingerprint density at radius 3 is 2.67 bits per heavy atom. The molecule has 0 aliphatic heterocycles. The van der Waals surface area contributed by atoms with E-state index in [4.69, 9.17) is 0 Å². The van der Waals surface area contributed by atoms with Gasteiger partial charge in [-0.25, -0.2) is 4.39 Å². The molecule has 18 heavy (non-hydrogen) atoms. The maximum Gasteiger partial charge on any atom is 0.252 e. The first kappa shape index (κ1) is 13.5. The highest BCUT2D eigenvalue weighted by molar-refractivity contribution is 14.1. The van der Waals surface area contributed by atoms with Crippen LogP contribution in [0.4, 0.5) is 4.39 Å². The Balaban J connectivity index is 1.82. The second-order valence-corrected chi connectivity index (χ2v) is 6.58. The summed E-state index contributed by atoms with van der Waals surface area (Å²) in [6.07, 6.45) is 0.702. The van der Waals surface area contributed by atoms with Gasteiger partial charge in [-0.3, -0.25) is 4.79 Å². The molecule has 0 bridgehead atoms. The highest BCUT2D eigenvalue weighted by Gasteiger charge is 2.06. The summed E-state index contributed by atoms with van der Waals surface area (Å²) in [5, 5.41) is 4.69. The summed E-state index contributed by atoms with van der Waals surface area (Å²) in [5.74, 6) is -0.299. The molecule has 94 valence electrons. The van der Waals surface area contributed by atoms with E-state index in [2.05, 4.69) is 27.9 Å². The van der Waals surface area contributed by atoms with Crippen LogP contribution in [0.2, 0.25) is 0 Å². The number of hydrogen-bond acceptors (Lipinski definition) is 2. The molecule has 2 rings (SSSR count). The summed E-state index contributed by atoms with van der Waals surface area (Å²) in [7, 11) is 0. The third kappa shape index (κ3) is 3.78. The highest BCUT2D eigenvalue weighted by atomic mass is 127. The number of carbonyl (C=O) groups excluding carboxylic acids is 1. The molecule has 0 aliphatic carbocycles. The molecule has 0 aliphatic rings. The van der Waals surface area contributed by atoms with Crippen molar-refractivity contribution >= 4 is 39.8 Å². The van der Waals surface area contributed by atoms with Gasteiger partial charge in [-0.05, 0) is 52.8 Å². The molecule has 2 nitrogen and oxygen atoms in total. The number of thiophene rings is 1. The number of amides is 1. The monoisotopic (exact) mass is 375 g/mol. The summed E-state index contributed by atoms with van der Waals surface area (Å²) in [6.45, 7) is 0.552. The molecule has 5 heteroatoms. The van der Waals surface area contributed by atoms with Crippen molar-refractivity contribution in [1.29, 1.82) is 0 Å². The third-order valence-electron chi connectivity index (χ3n) is 2.44. The average molecular weight is 375 g/mol. The van der Waals surface area contributed by atoms with Crippen molar-refractivity contribution in [3.8, 4) is 0 Å². The van der Waals surface area contributed by atoms with Crippen molar-refractivity contribution in [1.82, 2.24) is 5.32 Å². The van der Waals surface area contributed by atoms with Crippen LogP contribution in [-0.2, 0) is 6.42 Å². The fourth-order valence-corrected chi connectivity index (χ4v) is 2.83. The quantitative estimate of drug-likeness (QED) is 0.815. The molecule has 0 saturated heterocycles. The number of nitrogens with one attached hydrogen (secondary N) is 1. The molecule has 1 aromatic heterocycles. The van der Waals surface area contributed by atoms with Crippen LogP contribution in [0, 0.1) is 8.70 Å². The van der Waals surface area contributed by atoms with Crippen LogP contribution in [0.15, 0.2) is 35.7 Å². The molecular weight excluding hydrogens is 364 g/mol. The van der Waals surface area contributed by atoms with Gasteiger partial charge in [0, 0.05) is 11.9 Å². The van der Waals surface area contributed by atoms with E-state index in [9.17, 15) is 9.18 Å². The van der Waals surface area contributed by atoms with Crippen molar-refractivity contribution in [3.63, 3.8) is 0 Å². The molecule has 0 spiro atoms. The van der Waals surface area contributed by atoms with Crippen molar-refractivity contribution in [2.75, 3.05) is 6.54 Å². The smallest absolute Gasteiger partial charge is 0.252 e. The lowest BCUT2D eigenvalue weighted by Gasteiger charge is -2.04. The van der Waals surface area contributed by atoms with E-state index >= 15 is 0 Å². The van der Waals surface area contributed by atoms with Gasteiger partial charge >= 0.3 is 0 Å². The van der Waals surface area contributed by atoms with Gasteiger partial charge in [-0.15, -0.1) is 11.3 Å². The van der Waals surface area contributed by atoms with Crippen molar-refractivity contribution < 1.29 is 9.18 Å². The van der Waals surface area contributed by atoms with E-state index in [1.54, 1.807) is 23.5 Å². The zero-order valence-corrected chi connectivity index (χ0v) is 12.4. The summed E-state index contributed by atoms with van der Waals surface area (Å²) < 4.78 is 13.8. The number of rotatable bonds is 4. The average Bonchev–Trinajstić information content (AvgIpc) is 2.78. The summed E-state index contributed by atoms with van der Waals surface area (Å²) in [6, 6.07) is 8.18. The van der Waals surface area contributed by atoms with Gasteiger partial charge in [0.15, 0.2) is 0 Å². The van der Waals surface area contributed by atoms with Gasteiger partial charge in [0.2, 0.25) is 0 Å². The first-order valence-electron chi connectivity index (χ1n) is 5.42. The lowest BCUT2D eigenvalue weighted by atomic mass is 10.1. The standard InChI is InChI=1S/C13H11FINOS/c14-11-3-1-9(2-4-11)5-6-16-13(17)10-7-12(15)18-8-10/h1-4,7-8H,5-6H2,(H,16,17). The predicted octanol–water partition coefficient (Wildman–Crippen LogP) is 3.46. The van der Waals surface area contributed by atoms with Crippen LogP contribution >= 0.6 is 33.9 Å². The van der Waals surface area contributed by atoms with Crippen molar-refractivity contribution in [2.45, 2.75) is 6.42 Å². The number of benzene rings is 1. The van der Waals surface area contributed by atoms with E-state index in [1.807, 2.05) is 11.4 Å². The molecular formula is C13H11FINOS. The third-order valence-corrected chi connectivity index (χ3v) is 4.23. The second kappa shape index (κ2) is 6.29. The van der Waals surface area contributed by atoms with Gasteiger partial charge in [-0.1, -0.05) is 12.1 Å². The van der Waals surface area contributed by atoms with Crippen LogP contribution in [0.3, 0.4) is 0 Å². The minimum atomic E-state index is -0.240. The molecule has 0 radical (unpaired) electrons. The maximum atomic E-state index is 12.7. The SMILES string of the molecule is O=C(NCCc1ccc(F)cc1)c1csc(I)c1. The van der Waals surface area contributed by atoms with E-state index < -0.39 is 0 Å². The molecule has 0 unspecified atom stereocenters. The van der Waals surface area contributed by atoms with Gasteiger partial charge in [0.05, 0.1) is 8.45 Å². The zero-order valence-electron chi connectivity index (χ0n) is 9.45. The summed E-state index contributed by atoms with van der Waals surface area (Å²) in [5.41, 5.74) is 1.71. The van der Waals surface area contributed by atoms with Gasteiger partial charge in [-0.2, -0.15) is 0 Å². The lowest BCUT2D eigenvalue weighted by Crippen LogP contribution is -2.25. The predicted molar refractivity (Wildman–Crippen MR) is 79.5 cm³/mol. The summed E-state index contributed by atoms with van der Waals surface area (Å²) >= 11 is 3.74. The van der Waals surface area contributed by atoms with Gasteiger partial charge in [0.25, 0.3) is 5.91 Å². The maximum absolute atomic E-state index is 12.7. The normalized spacial score (nSPS) is 10.3.